The zero-order valence-corrected chi connectivity index (χ0v) is 11.8. The van der Waals surface area contributed by atoms with Crippen molar-refractivity contribution in [1.29, 1.82) is 0 Å². The maximum Gasteiger partial charge on any atom is 0.251 e. The Morgan fingerprint density at radius 1 is 1.43 bits per heavy atom. The Morgan fingerprint density at radius 3 is 3.00 bits per heavy atom. The lowest BCUT2D eigenvalue weighted by atomic mass is 10.2. The molecule has 7 heteroatoms. The SMILES string of the molecule is CCc1nc(CNc2cccc(C(=O)NCCO)c2)no1. The van der Waals surface area contributed by atoms with Gasteiger partial charge in [-0.05, 0) is 18.2 Å². The van der Waals surface area contributed by atoms with Gasteiger partial charge in [0.25, 0.3) is 5.91 Å². The maximum atomic E-state index is 11.8. The summed E-state index contributed by atoms with van der Waals surface area (Å²) in [6.45, 7) is 2.52. The van der Waals surface area contributed by atoms with Gasteiger partial charge in [0, 0.05) is 24.2 Å². The van der Waals surface area contributed by atoms with Crippen LogP contribution in [0.3, 0.4) is 0 Å². The molecule has 0 fully saturated rings. The van der Waals surface area contributed by atoms with E-state index in [9.17, 15) is 4.79 Å². The van der Waals surface area contributed by atoms with E-state index in [0.717, 1.165) is 5.69 Å². The summed E-state index contributed by atoms with van der Waals surface area (Å²) >= 11 is 0. The van der Waals surface area contributed by atoms with Crippen molar-refractivity contribution in [2.45, 2.75) is 19.9 Å². The smallest absolute Gasteiger partial charge is 0.251 e. The number of amides is 1. The van der Waals surface area contributed by atoms with Crippen LogP contribution in [0.4, 0.5) is 5.69 Å². The molecule has 1 aromatic heterocycles. The first-order valence-electron chi connectivity index (χ1n) is 6.77. The third-order valence-electron chi connectivity index (χ3n) is 2.79. The van der Waals surface area contributed by atoms with Crippen LogP contribution in [0, 0.1) is 0 Å². The van der Waals surface area contributed by atoms with E-state index in [1.165, 1.54) is 0 Å². The van der Waals surface area contributed by atoms with E-state index in [1.807, 2.05) is 13.0 Å². The van der Waals surface area contributed by atoms with E-state index in [2.05, 4.69) is 20.8 Å². The lowest BCUT2D eigenvalue weighted by Gasteiger charge is -2.07. The highest BCUT2D eigenvalue weighted by molar-refractivity contribution is 5.95. The van der Waals surface area contributed by atoms with Crippen molar-refractivity contribution in [3.8, 4) is 0 Å². The molecular weight excluding hydrogens is 272 g/mol. The molecule has 0 radical (unpaired) electrons. The molecule has 0 aliphatic rings. The van der Waals surface area contributed by atoms with Gasteiger partial charge in [-0.3, -0.25) is 4.79 Å². The molecule has 1 amide bonds. The van der Waals surface area contributed by atoms with Gasteiger partial charge in [-0.25, -0.2) is 0 Å². The minimum atomic E-state index is -0.222. The van der Waals surface area contributed by atoms with Crippen LogP contribution in [0.5, 0.6) is 0 Å². The van der Waals surface area contributed by atoms with Crippen LogP contribution in [0.2, 0.25) is 0 Å². The number of nitrogens with zero attached hydrogens (tertiary/aromatic N) is 2. The fourth-order valence-corrected chi connectivity index (χ4v) is 1.73. The molecular formula is C14H18N4O3. The predicted molar refractivity (Wildman–Crippen MR) is 76.9 cm³/mol. The number of nitrogens with one attached hydrogen (secondary N) is 2. The molecule has 1 aromatic carbocycles. The molecule has 0 bridgehead atoms. The molecule has 3 N–H and O–H groups in total. The Hall–Kier alpha value is -2.41. The first kappa shape index (κ1) is 15.0. The lowest BCUT2D eigenvalue weighted by molar-refractivity contribution is 0.0945. The minimum Gasteiger partial charge on any atom is -0.395 e. The van der Waals surface area contributed by atoms with Gasteiger partial charge < -0.3 is 20.3 Å². The second-order valence-electron chi connectivity index (χ2n) is 4.37. The zero-order valence-electron chi connectivity index (χ0n) is 11.8. The van der Waals surface area contributed by atoms with Gasteiger partial charge in [-0.2, -0.15) is 4.98 Å². The number of carbonyl (C=O) groups excluding carboxylic acids is 1. The van der Waals surface area contributed by atoms with Crippen LogP contribution in [0.15, 0.2) is 28.8 Å². The van der Waals surface area contributed by atoms with Crippen molar-refractivity contribution < 1.29 is 14.4 Å². The number of aryl methyl sites for hydroxylation is 1. The third-order valence-corrected chi connectivity index (χ3v) is 2.79. The number of hydrogen-bond donors (Lipinski definition) is 3. The predicted octanol–water partition coefficient (Wildman–Crippen LogP) is 0.966. The van der Waals surface area contributed by atoms with E-state index in [0.29, 0.717) is 30.2 Å². The van der Waals surface area contributed by atoms with Gasteiger partial charge in [-0.15, -0.1) is 0 Å². The number of carbonyl (C=O) groups is 1. The average Bonchev–Trinajstić information content (AvgIpc) is 2.99. The van der Waals surface area contributed by atoms with E-state index in [1.54, 1.807) is 18.2 Å². The van der Waals surface area contributed by atoms with Crippen molar-refractivity contribution in [1.82, 2.24) is 15.5 Å². The van der Waals surface area contributed by atoms with Crippen LogP contribution in [-0.4, -0.2) is 34.3 Å². The summed E-state index contributed by atoms with van der Waals surface area (Å²) in [6, 6.07) is 7.07. The summed E-state index contributed by atoms with van der Waals surface area (Å²) < 4.78 is 5.02. The first-order valence-corrected chi connectivity index (χ1v) is 6.77. The van der Waals surface area contributed by atoms with Crippen molar-refractivity contribution in [3.63, 3.8) is 0 Å². The number of anilines is 1. The van der Waals surface area contributed by atoms with Crippen LogP contribution < -0.4 is 10.6 Å². The van der Waals surface area contributed by atoms with Crippen molar-refractivity contribution in [2.75, 3.05) is 18.5 Å². The Kier molecular flexibility index (Phi) is 5.28. The fraction of sp³-hybridized carbons (Fsp3) is 0.357. The summed E-state index contributed by atoms with van der Waals surface area (Å²) in [5.41, 5.74) is 1.31. The summed E-state index contributed by atoms with van der Waals surface area (Å²) in [4.78, 5) is 16.0. The number of benzene rings is 1. The van der Waals surface area contributed by atoms with E-state index in [-0.39, 0.29) is 19.1 Å². The highest BCUT2D eigenvalue weighted by Gasteiger charge is 2.07. The van der Waals surface area contributed by atoms with E-state index >= 15 is 0 Å². The Labute approximate surface area is 122 Å². The third kappa shape index (κ3) is 4.28. The number of aliphatic hydroxyl groups is 1. The quantitative estimate of drug-likeness (QED) is 0.702. The Bertz CT molecular complexity index is 597. The van der Waals surface area contributed by atoms with Gasteiger partial charge >= 0.3 is 0 Å². The highest BCUT2D eigenvalue weighted by Crippen LogP contribution is 2.11. The topological polar surface area (TPSA) is 100 Å². The van der Waals surface area contributed by atoms with Crippen molar-refractivity contribution >= 4 is 11.6 Å². The van der Waals surface area contributed by atoms with Crippen molar-refractivity contribution in [3.05, 3.63) is 41.5 Å². The number of hydrogen-bond acceptors (Lipinski definition) is 6. The normalized spacial score (nSPS) is 10.4. The first-order chi connectivity index (χ1) is 10.2. The molecule has 1 heterocycles. The van der Waals surface area contributed by atoms with Gasteiger partial charge in [-0.1, -0.05) is 18.1 Å². The van der Waals surface area contributed by atoms with Crippen molar-refractivity contribution in [2.24, 2.45) is 0 Å². The van der Waals surface area contributed by atoms with Crippen LogP contribution in [0.25, 0.3) is 0 Å². The Morgan fingerprint density at radius 2 is 2.29 bits per heavy atom. The van der Waals surface area contributed by atoms with Gasteiger partial charge in [0.05, 0.1) is 13.2 Å². The van der Waals surface area contributed by atoms with Crippen LogP contribution in [0.1, 0.15) is 29.0 Å². The standard InChI is InChI=1S/C14H18N4O3/c1-2-13-17-12(18-21-13)9-16-11-5-3-4-10(8-11)14(20)15-6-7-19/h3-5,8,16,19H,2,6-7,9H2,1H3,(H,15,20). The lowest BCUT2D eigenvalue weighted by Crippen LogP contribution is -2.26. The summed E-state index contributed by atoms with van der Waals surface area (Å²) in [7, 11) is 0. The molecule has 0 spiro atoms. The molecule has 0 aliphatic carbocycles. The van der Waals surface area contributed by atoms with E-state index in [4.69, 9.17) is 9.63 Å². The summed E-state index contributed by atoms with van der Waals surface area (Å²) in [6.07, 6.45) is 0.702. The number of aliphatic hydroxyl groups excluding tert-OH is 1. The molecule has 21 heavy (non-hydrogen) atoms. The highest BCUT2D eigenvalue weighted by atomic mass is 16.5. The Balaban J connectivity index is 1.95. The number of aromatic nitrogens is 2. The zero-order chi connectivity index (χ0) is 15.1. The molecule has 0 atom stereocenters. The molecule has 0 saturated heterocycles. The summed E-state index contributed by atoms with van der Waals surface area (Å²) in [5, 5.41) is 18.3. The largest absolute Gasteiger partial charge is 0.395 e. The molecule has 112 valence electrons. The summed E-state index contributed by atoms with van der Waals surface area (Å²) in [5.74, 6) is 0.950. The van der Waals surface area contributed by atoms with Crippen LogP contribution >= 0.6 is 0 Å². The minimum absolute atomic E-state index is 0.0821. The molecule has 0 saturated carbocycles. The van der Waals surface area contributed by atoms with E-state index < -0.39 is 0 Å². The second-order valence-corrected chi connectivity index (χ2v) is 4.37. The average molecular weight is 290 g/mol. The van der Waals surface area contributed by atoms with Gasteiger partial charge in [0.2, 0.25) is 5.89 Å². The van der Waals surface area contributed by atoms with Gasteiger partial charge in [0.15, 0.2) is 5.82 Å². The molecule has 0 aliphatic heterocycles. The monoisotopic (exact) mass is 290 g/mol. The molecule has 2 aromatic rings. The molecule has 7 nitrogen and oxygen atoms in total. The number of rotatable bonds is 7. The fourth-order valence-electron chi connectivity index (χ4n) is 1.73. The van der Waals surface area contributed by atoms with Gasteiger partial charge in [0.1, 0.15) is 0 Å². The van der Waals surface area contributed by atoms with Crippen LogP contribution in [-0.2, 0) is 13.0 Å². The second kappa shape index (κ2) is 7.39. The molecule has 2 rings (SSSR count). The molecule has 0 unspecified atom stereocenters. The maximum absolute atomic E-state index is 11.8.